The summed E-state index contributed by atoms with van der Waals surface area (Å²) < 4.78 is 1.01. The van der Waals surface area contributed by atoms with Crippen LogP contribution in [-0.4, -0.2) is 13.3 Å². The molecule has 0 spiro atoms. The van der Waals surface area contributed by atoms with Crippen LogP contribution in [0.4, 0.5) is 0 Å². The molecule has 81 heavy (non-hydrogen) atoms. The van der Waals surface area contributed by atoms with Crippen molar-refractivity contribution in [3.05, 3.63) is 261 Å². The van der Waals surface area contributed by atoms with Gasteiger partial charge in [-0.3, -0.25) is 0 Å². The molecule has 0 fully saturated rings. The van der Waals surface area contributed by atoms with Gasteiger partial charge in [-0.2, -0.15) is 0 Å². The van der Waals surface area contributed by atoms with E-state index in [1.807, 2.05) is 0 Å². The third-order valence-corrected chi connectivity index (χ3v) is 130. The Morgan fingerprint density at radius 2 is 0.531 bits per heavy atom. The topological polar surface area (TPSA) is 0 Å². The number of fused-ring (bicyclic) bond motifs is 4. The molecule has 0 aliphatic heterocycles. The van der Waals surface area contributed by atoms with Crippen LogP contribution in [0.5, 0.6) is 0 Å². The summed E-state index contributed by atoms with van der Waals surface area (Å²) in [5.74, 6) is 0. The Kier molecular flexibility index (Phi) is 14.9. The number of benzene rings is 8. The van der Waals surface area contributed by atoms with E-state index in [0.717, 1.165) is 40.4 Å². The molecule has 0 saturated carbocycles. The van der Waals surface area contributed by atoms with E-state index in [1.165, 1.54) is 111 Å². The van der Waals surface area contributed by atoms with Gasteiger partial charge in [-0.1, -0.05) is 0 Å². The first-order chi connectivity index (χ1) is 39.1. The fraction of sp³-hybridized carbons (Fsp3) is 0.233. The van der Waals surface area contributed by atoms with Crippen LogP contribution in [-0.2, 0) is 28.1 Å². The van der Waals surface area contributed by atoms with E-state index >= 15 is 0 Å². The van der Waals surface area contributed by atoms with Crippen molar-refractivity contribution >= 4 is 71.6 Å². The van der Waals surface area contributed by atoms with E-state index in [2.05, 4.69) is 259 Å². The van der Waals surface area contributed by atoms with Gasteiger partial charge in [-0.15, -0.1) is 0 Å². The number of hydrogen-bond donors (Lipinski definition) is 0. The normalized spacial score (nSPS) is 20.2. The summed E-state index contributed by atoms with van der Waals surface area (Å²) in [7, 11) is 39.8. The van der Waals surface area contributed by atoms with Gasteiger partial charge in [0.05, 0.1) is 0 Å². The first kappa shape index (κ1) is 57.5. The van der Waals surface area contributed by atoms with E-state index in [1.54, 1.807) is 0 Å². The average Bonchev–Trinajstić information content (AvgIpc) is 1.94. The van der Waals surface area contributed by atoms with Crippen LogP contribution in [0.15, 0.2) is 216 Å². The Balaban J connectivity index is 1.12. The molecule has 4 unspecified atom stereocenters. The first-order valence-electron chi connectivity index (χ1n) is 30.2. The summed E-state index contributed by atoms with van der Waals surface area (Å²) in [5, 5.41) is 0. The molecule has 0 nitrogen and oxygen atoms in total. The van der Waals surface area contributed by atoms with Gasteiger partial charge >= 0.3 is 501 Å². The Morgan fingerprint density at radius 1 is 0.309 bits per heavy atom. The minimum absolute atomic E-state index is 0.111. The quantitative estimate of drug-likeness (QED) is 0.0751. The van der Waals surface area contributed by atoms with Crippen molar-refractivity contribution in [3.63, 3.8) is 0 Å². The number of halogens is 4. The van der Waals surface area contributed by atoms with E-state index in [-0.39, 0.29) is 14.5 Å². The zero-order chi connectivity index (χ0) is 56.5. The van der Waals surface area contributed by atoms with Gasteiger partial charge in [0.2, 0.25) is 0 Å². The zero-order valence-corrected chi connectivity index (χ0v) is 58.7. The summed E-state index contributed by atoms with van der Waals surface area (Å²) >= 11 is -12.4. The van der Waals surface area contributed by atoms with Crippen molar-refractivity contribution in [2.75, 3.05) is 0 Å². The fourth-order valence-corrected chi connectivity index (χ4v) is 102. The van der Waals surface area contributed by atoms with Crippen molar-refractivity contribution in [1.29, 1.82) is 0 Å². The van der Waals surface area contributed by atoms with Gasteiger partial charge in [0.1, 0.15) is 0 Å². The molecular formula is C73H76Cl4Si2Zr2. The molecular weight excluding hydrogens is 1260 g/mol. The first-order valence-corrected chi connectivity index (χ1v) is 66.7. The van der Waals surface area contributed by atoms with Crippen molar-refractivity contribution in [3.8, 4) is 44.5 Å². The molecule has 4 aliphatic rings. The molecule has 0 heterocycles. The second-order valence-electron chi connectivity index (χ2n) is 24.8. The predicted molar refractivity (Wildman–Crippen MR) is 358 cm³/mol. The van der Waals surface area contributed by atoms with Crippen LogP contribution in [0.1, 0.15) is 119 Å². The zero-order valence-electron chi connectivity index (χ0n) is 48.0. The molecule has 8 aromatic rings. The van der Waals surface area contributed by atoms with E-state index < -0.39 is 41.4 Å². The summed E-state index contributed by atoms with van der Waals surface area (Å²) in [6, 6.07) is 71.7. The van der Waals surface area contributed by atoms with Crippen molar-refractivity contribution in [2.24, 2.45) is 0 Å². The molecule has 0 radical (unpaired) electrons. The van der Waals surface area contributed by atoms with Crippen molar-refractivity contribution < 1.29 is 28.1 Å². The van der Waals surface area contributed by atoms with Crippen LogP contribution in [0.25, 0.3) is 68.8 Å². The summed E-state index contributed by atoms with van der Waals surface area (Å²) in [4.78, 5) is 0. The van der Waals surface area contributed by atoms with Crippen LogP contribution < -0.4 is 0 Å². The molecule has 12 rings (SSSR count). The standard InChI is InChI=1S/4C17H15.C3H6.2CH5Si.4ClH.2Zr/c4*1-2-13-11-15-9-6-10-16(17(15)12-13)14-7-4-3-5-8-14;1-3-2;2*1-2;;;;;;/h4*3-12H,2H2,1H3;1-3H2;2*2H2,1H3;4*1H;;/q;;;;;;;;;;;2*+2/p-4. The Morgan fingerprint density at radius 3 is 0.728 bits per heavy atom. The van der Waals surface area contributed by atoms with Gasteiger partial charge in [0.15, 0.2) is 0 Å². The number of hydrogen-bond acceptors (Lipinski definition) is 0. The van der Waals surface area contributed by atoms with Gasteiger partial charge in [-0.25, -0.2) is 0 Å². The summed E-state index contributed by atoms with van der Waals surface area (Å²) in [6.45, 7) is 11.8. The van der Waals surface area contributed by atoms with E-state index in [4.69, 9.17) is 0 Å². The second kappa shape index (κ2) is 20.9. The SMILES string of the molecule is CCC1=Cc2c(-c3ccccc3)cccc2[CH]1[Zr]([Cl])([Cl])([CH2]C[CH2][Zr]([Cl])([Cl])([SiH2]C)([CH]1C(CC)=Cc2c(-c3ccccc3)cccc21)[CH]1C(CC)=Cc2c(-c3ccccc3)cccc21)([SiH2]C)[CH]1C(CC)=Cc2c(-c3ccccc3)cccc21. The molecule has 0 bridgehead atoms. The maximum absolute atomic E-state index is 9.96. The Bertz CT molecular complexity index is 3440. The third kappa shape index (κ3) is 8.78. The van der Waals surface area contributed by atoms with Crippen LogP contribution in [0, 0.1) is 0 Å². The molecule has 4 atom stereocenters. The monoisotopic (exact) mass is 1330 g/mol. The molecule has 412 valence electrons. The van der Waals surface area contributed by atoms with E-state index in [9.17, 15) is 34.1 Å². The predicted octanol–water partition coefficient (Wildman–Crippen LogP) is 22.4. The van der Waals surface area contributed by atoms with Gasteiger partial charge in [0, 0.05) is 0 Å². The summed E-state index contributed by atoms with van der Waals surface area (Å²) in [6.07, 6.45) is 14.3. The van der Waals surface area contributed by atoms with Crippen molar-refractivity contribution in [1.82, 2.24) is 0 Å². The van der Waals surface area contributed by atoms with Gasteiger partial charge < -0.3 is 0 Å². The minimum atomic E-state index is -6.22. The molecule has 0 amide bonds. The molecule has 8 aromatic carbocycles. The van der Waals surface area contributed by atoms with Crippen molar-refractivity contribution in [2.45, 2.75) is 95.7 Å². The molecule has 8 heteroatoms. The molecule has 0 aromatic heterocycles. The number of allylic oxidation sites excluding steroid dienone is 4. The van der Waals surface area contributed by atoms with E-state index in [0.29, 0.717) is 0 Å². The van der Waals surface area contributed by atoms with Crippen LogP contribution in [0.3, 0.4) is 0 Å². The maximum atomic E-state index is 9.96. The second-order valence-corrected chi connectivity index (χ2v) is 131. The van der Waals surface area contributed by atoms with Gasteiger partial charge in [-0.05, 0) is 0 Å². The number of rotatable bonds is 18. The molecule has 0 N–H and O–H groups in total. The van der Waals surface area contributed by atoms with Crippen LogP contribution in [0.2, 0.25) is 21.4 Å². The third-order valence-electron chi connectivity index (χ3n) is 21.3. The average molecular weight is 1330 g/mol. The molecule has 0 saturated heterocycles. The van der Waals surface area contributed by atoms with Crippen LogP contribution >= 0.6 is 34.1 Å². The Hall–Kier alpha value is -3.92. The van der Waals surface area contributed by atoms with Gasteiger partial charge in [0.25, 0.3) is 0 Å². The Labute approximate surface area is 495 Å². The summed E-state index contributed by atoms with van der Waals surface area (Å²) in [5.41, 5.74) is 25.8. The fourth-order valence-electron chi connectivity index (χ4n) is 17.4. The molecule has 4 aliphatic carbocycles.